The fraction of sp³-hybridized carbons (Fsp3) is 0.323. The highest BCUT2D eigenvalue weighted by atomic mass is 32.1. The van der Waals surface area contributed by atoms with Crippen LogP contribution < -0.4 is 0 Å². The molecule has 0 atom stereocenters. The number of morpholine rings is 1. The molecule has 2 fully saturated rings. The zero-order valence-electron chi connectivity index (χ0n) is 21.0. The molecule has 37 heavy (non-hydrogen) atoms. The van der Waals surface area contributed by atoms with E-state index in [9.17, 15) is 9.90 Å². The van der Waals surface area contributed by atoms with Crippen molar-refractivity contribution in [2.24, 2.45) is 0 Å². The molecule has 6 rings (SSSR count). The number of ketones is 1. The highest BCUT2D eigenvalue weighted by Gasteiger charge is 2.22. The molecule has 2 saturated heterocycles. The van der Waals surface area contributed by atoms with Crippen molar-refractivity contribution in [3.63, 3.8) is 0 Å². The van der Waals surface area contributed by atoms with Gasteiger partial charge in [-0.25, -0.2) is 0 Å². The molecule has 2 aliphatic rings. The molecule has 1 N–H and O–H groups in total. The van der Waals surface area contributed by atoms with Crippen LogP contribution >= 0.6 is 11.3 Å². The van der Waals surface area contributed by atoms with E-state index in [1.54, 1.807) is 23.5 Å². The average Bonchev–Trinajstić information content (AvgIpc) is 3.57. The molecular formula is C31H32N2O3S. The molecule has 1 aromatic heterocycles. The third-order valence-electron chi connectivity index (χ3n) is 7.45. The Morgan fingerprint density at radius 1 is 0.811 bits per heavy atom. The Kier molecular flexibility index (Phi) is 7.07. The largest absolute Gasteiger partial charge is 0.508 e. The van der Waals surface area contributed by atoms with Crippen molar-refractivity contribution >= 4 is 27.2 Å². The predicted molar refractivity (Wildman–Crippen MR) is 149 cm³/mol. The molecular weight excluding hydrogens is 480 g/mol. The van der Waals surface area contributed by atoms with E-state index in [2.05, 4.69) is 46.2 Å². The van der Waals surface area contributed by atoms with Crippen LogP contribution in [0.1, 0.15) is 39.9 Å². The molecule has 0 unspecified atom stereocenters. The Bertz CT molecular complexity index is 1380. The lowest BCUT2D eigenvalue weighted by Gasteiger charge is -2.26. The fourth-order valence-corrected chi connectivity index (χ4v) is 6.64. The lowest BCUT2D eigenvalue weighted by atomic mass is 9.96. The molecule has 2 aliphatic heterocycles. The van der Waals surface area contributed by atoms with E-state index in [1.165, 1.54) is 24.0 Å². The van der Waals surface area contributed by atoms with Gasteiger partial charge in [0, 0.05) is 52.3 Å². The van der Waals surface area contributed by atoms with Crippen molar-refractivity contribution < 1.29 is 14.6 Å². The zero-order valence-corrected chi connectivity index (χ0v) is 21.8. The van der Waals surface area contributed by atoms with E-state index < -0.39 is 0 Å². The molecule has 0 amide bonds. The smallest absolute Gasteiger partial charge is 0.195 e. The van der Waals surface area contributed by atoms with Crippen LogP contribution in [0.25, 0.3) is 20.5 Å². The van der Waals surface area contributed by atoms with Crippen LogP contribution in [0.5, 0.6) is 5.75 Å². The number of hydrogen-bond acceptors (Lipinski definition) is 6. The third-order valence-corrected chi connectivity index (χ3v) is 8.65. The summed E-state index contributed by atoms with van der Waals surface area (Å²) in [7, 11) is 0. The first kappa shape index (κ1) is 24.3. The normalized spacial score (nSPS) is 17.0. The van der Waals surface area contributed by atoms with Gasteiger partial charge in [-0.2, -0.15) is 0 Å². The van der Waals surface area contributed by atoms with Gasteiger partial charge in [0.05, 0.1) is 13.2 Å². The van der Waals surface area contributed by atoms with Crippen molar-refractivity contribution in [2.75, 3.05) is 39.4 Å². The lowest BCUT2D eigenvalue weighted by molar-refractivity contribution is 0.0342. The van der Waals surface area contributed by atoms with Gasteiger partial charge in [0.25, 0.3) is 0 Å². The number of ether oxygens (including phenoxy) is 1. The fourth-order valence-electron chi connectivity index (χ4n) is 5.40. The van der Waals surface area contributed by atoms with Crippen LogP contribution in [0, 0.1) is 0 Å². The third kappa shape index (κ3) is 5.34. The number of likely N-dealkylation sites (tertiary alicyclic amines) is 1. The number of thiophene rings is 1. The second-order valence-corrected chi connectivity index (χ2v) is 11.1. The van der Waals surface area contributed by atoms with Gasteiger partial charge in [-0.1, -0.05) is 48.5 Å². The molecule has 0 saturated carbocycles. The van der Waals surface area contributed by atoms with Gasteiger partial charge in [0.1, 0.15) is 5.75 Å². The first-order valence-electron chi connectivity index (χ1n) is 13.1. The summed E-state index contributed by atoms with van der Waals surface area (Å²) in [6, 6.07) is 22.0. The summed E-state index contributed by atoms with van der Waals surface area (Å²) in [5, 5.41) is 11.0. The van der Waals surface area contributed by atoms with Gasteiger partial charge in [-0.15, -0.1) is 11.3 Å². The standard InChI is InChI=1S/C31H32N2O3S/c34-26-11-12-27-28(19-26)37-31(25-9-5-23(6-10-25)21-33-15-17-36-18-16-33)29(27)30(35)24-7-3-22(4-8-24)20-32-13-1-2-14-32/h3-12,19,34H,1-2,13-18,20-21H2. The summed E-state index contributed by atoms with van der Waals surface area (Å²) >= 11 is 1.57. The van der Waals surface area contributed by atoms with Crippen molar-refractivity contribution in [3.05, 3.63) is 89.0 Å². The summed E-state index contributed by atoms with van der Waals surface area (Å²) in [4.78, 5) is 19.7. The first-order valence-corrected chi connectivity index (χ1v) is 14.0. The number of aromatic hydroxyl groups is 1. The Labute approximate surface area is 221 Å². The van der Waals surface area contributed by atoms with Crippen molar-refractivity contribution in [1.82, 2.24) is 9.80 Å². The second kappa shape index (κ2) is 10.8. The molecule has 190 valence electrons. The topological polar surface area (TPSA) is 53.0 Å². The Morgan fingerprint density at radius 3 is 2.11 bits per heavy atom. The Morgan fingerprint density at radius 2 is 1.43 bits per heavy atom. The van der Waals surface area contributed by atoms with Gasteiger partial charge >= 0.3 is 0 Å². The van der Waals surface area contributed by atoms with E-state index in [4.69, 9.17) is 4.74 Å². The van der Waals surface area contributed by atoms with E-state index in [0.717, 1.165) is 73.0 Å². The van der Waals surface area contributed by atoms with Gasteiger partial charge in [0.2, 0.25) is 0 Å². The Hall–Kier alpha value is -3.03. The van der Waals surface area contributed by atoms with E-state index >= 15 is 0 Å². The maximum atomic E-state index is 13.9. The zero-order chi connectivity index (χ0) is 25.2. The minimum Gasteiger partial charge on any atom is -0.508 e. The van der Waals surface area contributed by atoms with Crippen molar-refractivity contribution in [1.29, 1.82) is 0 Å². The molecule has 5 nitrogen and oxygen atoms in total. The lowest BCUT2D eigenvalue weighted by Crippen LogP contribution is -2.35. The van der Waals surface area contributed by atoms with Crippen molar-refractivity contribution in [2.45, 2.75) is 25.9 Å². The maximum Gasteiger partial charge on any atom is 0.195 e. The van der Waals surface area contributed by atoms with Crippen LogP contribution in [-0.4, -0.2) is 60.1 Å². The summed E-state index contributed by atoms with van der Waals surface area (Å²) in [6.07, 6.45) is 2.54. The molecule has 0 aliphatic carbocycles. The Balaban J connectivity index is 1.30. The van der Waals surface area contributed by atoms with Crippen LogP contribution in [0.3, 0.4) is 0 Å². The molecule has 0 spiro atoms. The number of hydrogen-bond donors (Lipinski definition) is 1. The van der Waals surface area contributed by atoms with Gasteiger partial charge < -0.3 is 9.84 Å². The van der Waals surface area contributed by atoms with Crippen LogP contribution in [0.15, 0.2) is 66.7 Å². The van der Waals surface area contributed by atoms with Crippen molar-refractivity contribution in [3.8, 4) is 16.2 Å². The second-order valence-electron chi connectivity index (χ2n) is 10.1. The number of carbonyl (C=O) groups is 1. The number of phenolic OH excluding ortho intramolecular Hbond substituents is 1. The minimum absolute atomic E-state index is 0.0251. The number of carbonyl (C=O) groups excluding carboxylic acids is 1. The number of rotatable bonds is 7. The summed E-state index contributed by atoms with van der Waals surface area (Å²) in [6.45, 7) is 7.64. The molecule has 3 aromatic carbocycles. The molecule has 0 radical (unpaired) electrons. The molecule has 0 bridgehead atoms. The van der Waals surface area contributed by atoms with Gasteiger partial charge in [-0.3, -0.25) is 14.6 Å². The number of nitrogens with zero attached hydrogens (tertiary/aromatic N) is 2. The summed E-state index contributed by atoms with van der Waals surface area (Å²) in [5.74, 6) is 0.239. The average molecular weight is 513 g/mol. The van der Waals surface area contributed by atoms with Gasteiger partial charge in [0.15, 0.2) is 5.78 Å². The molecule has 4 aromatic rings. The van der Waals surface area contributed by atoms with Crippen LogP contribution in [0.2, 0.25) is 0 Å². The van der Waals surface area contributed by atoms with E-state index in [0.29, 0.717) is 11.1 Å². The quantitative estimate of drug-likeness (QED) is 0.311. The van der Waals surface area contributed by atoms with E-state index in [-0.39, 0.29) is 11.5 Å². The monoisotopic (exact) mass is 512 g/mol. The summed E-state index contributed by atoms with van der Waals surface area (Å²) < 4.78 is 6.39. The highest BCUT2D eigenvalue weighted by molar-refractivity contribution is 7.22. The maximum absolute atomic E-state index is 13.9. The highest BCUT2D eigenvalue weighted by Crippen LogP contribution is 2.41. The molecule has 3 heterocycles. The molecule has 6 heteroatoms. The number of phenols is 1. The number of benzene rings is 3. The first-order chi connectivity index (χ1) is 18.1. The van der Waals surface area contributed by atoms with Gasteiger partial charge in [-0.05, 0) is 60.8 Å². The number of fused-ring (bicyclic) bond motifs is 1. The van der Waals surface area contributed by atoms with E-state index in [1.807, 2.05) is 18.2 Å². The van der Waals surface area contributed by atoms with Crippen LogP contribution in [0.4, 0.5) is 0 Å². The summed E-state index contributed by atoms with van der Waals surface area (Å²) in [5.41, 5.74) is 4.94. The predicted octanol–water partition coefficient (Wildman–Crippen LogP) is 5.93. The minimum atomic E-state index is 0.0251. The SMILES string of the molecule is O=C(c1ccc(CN2CCCC2)cc1)c1c(-c2ccc(CN3CCOCC3)cc2)sc2cc(O)ccc12. The van der Waals surface area contributed by atoms with Crippen LogP contribution in [-0.2, 0) is 17.8 Å².